The van der Waals surface area contributed by atoms with Crippen molar-refractivity contribution in [1.82, 2.24) is 19.4 Å². The summed E-state index contributed by atoms with van der Waals surface area (Å²) in [5, 5.41) is 16.9. The maximum absolute atomic E-state index is 12.6. The molecule has 0 spiro atoms. The van der Waals surface area contributed by atoms with E-state index in [1.165, 1.54) is 21.5 Å². The number of aryl methyl sites for hydroxylation is 2. The molecule has 0 saturated carbocycles. The summed E-state index contributed by atoms with van der Waals surface area (Å²) in [6.07, 6.45) is 2.33. The van der Waals surface area contributed by atoms with E-state index >= 15 is 0 Å². The van der Waals surface area contributed by atoms with Gasteiger partial charge in [0.15, 0.2) is 5.82 Å². The quantitative estimate of drug-likeness (QED) is 0.503. The average molecular weight is 448 g/mol. The SMILES string of the molecule is Cc1c(NC(=O)c2nc(NC(=O)CCNC(=O)OC(C)(C)C)cn2C)cn(C)c1C(=O)O. The zero-order chi connectivity index (χ0) is 24.2. The standard InChI is InChI=1S/C20H28N6O6/c1-11-12(9-25(5)15(11)18(29)30)22-17(28)16-24-13(10-26(16)6)23-14(27)7-8-21-19(31)32-20(2,3)4/h9-10H,7-8H2,1-6H3,(H,21,31)(H,22,28)(H,23,27)(H,29,30). The Bertz CT molecular complexity index is 1050. The third-order valence-electron chi connectivity index (χ3n) is 4.25. The molecule has 0 unspecified atom stereocenters. The molecule has 12 heteroatoms. The fourth-order valence-corrected chi connectivity index (χ4v) is 2.90. The number of aromatic carboxylic acids is 1. The number of hydrogen-bond acceptors (Lipinski definition) is 6. The molecule has 3 amide bonds. The van der Waals surface area contributed by atoms with Gasteiger partial charge >= 0.3 is 12.1 Å². The summed E-state index contributed by atoms with van der Waals surface area (Å²) in [6, 6.07) is 0. The van der Waals surface area contributed by atoms with Crippen LogP contribution in [0.25, 0.3) is 0 Å². The molecule has 0 aliphatic heterocycles. The van der Waals surface area contributed by atoms with Crippen LogP contribution in [-0.2, 0) is 23.6 Å². The fourth-order valence-electron chi connectivity index (χ4n) is 2.90. The predicted molar refractivity (Wildman–Crippen MR) is 116 cm³/mol. The Morgan fingerprint density at radius 3 is 2.31 bits per heavy atom. The molecule has 174 valence electrons. The third-order valence-corrected chi connectivity index (χ3v) is 4.25. The van der Waals surface area contributed by atoms with Gasteiger partial charge in [0, 0.05) is 45.0 Å². The van der Waals surface area contributed by atoms with E-state index < -0.39 is 29.5 Å². The lowest BCUT2D eigenvalue weighted by molar-refractivity contribution is -0.116. The number of carboxylic acid groups (broad SMARTS) is 1. The Balaban J connectivity index is 1.96. The Kier molecular flexibility index (Phi) is 7.28. The zero-order valence-electron chi connectivity index (χ0n) is 18.9. The normalized spacial score (nSPS) is 11.1. The van der Waals surface area contributed by atoms with E-state index in [1.807, 2.05) is 0 Å². The zero-order valence-corrected chi connectivity index (χ0v) is 18.9. The number of nitrogens with zero attached hydrogens (tertiary/aromatic N) is 3. The highest BCUT2D eigenvalue weighted by molar-refractivity contribution is 6.04. The van der Waals surface area contributed by atoms with Gasteiger partial charge in [0.1, 0.15) is 11.3 Å². The van der Waals surface area contributed by atoms with Crippen molar-refractivity contribution in [3.63, 3.8) is 0 Å². The molecule has 4 N–H and O–H groups in total. The molecule has 2 rings (SSSR count). The number of carboxylic acids is 1. The first-order chi connectivity index (χ1) is 14.8. The van der Waals surface area contributed by atoms with Crippen LogP contribution in [0.4, 0.5) is 16.3 Å². The Hall–Kier alpha value is -3.83. The Morgan fingerprint density at radius 2 is 1.75 bits per heavy atom. The van der Waals surface area contributed by atoms with Gasteiger partial charge in [-0.2, -0.15) is 0 Å². The summed E-state index contributed by atoms with van der Waals surface area (Å²) in [6.45, 7) is 6.86. The number of carbonyl (C=O) groups excluding carboxylic acids is 3. The summed E-state index contributed by atoms with van der Waals surface area (Å²) < 4.78 is 7.92. The van der Waals surface area contributed by atoms with Crippen molar-refractivity contribution >= 4 is 35.4 Å². The number of ether oxygens (including phenoxy) is 1. The van der Waals surface area contributed by atoms with Gasteiger partial charge in [-0.3, -0.25) is 9.59 Å². The number of hydrogen-bond donors (Lipinski definition) is 4. The molecule has 2 aromatic rings. The summed E-state index contributed by atoms with van der Waals surface area (Å²) >= 11 is 0. The lowest BCUT2D eigenvalue weighted by Crippen LogP contribution is -2.34. The van der Waals surface area contributed by atoms with Crippen LogP contribution < -0.4 is 16.0 Å². The topological polar surface area (TPSA) is 157 Å². The average Bonchev–Trinajstić information content (AvgIpc) is 3.12. The van der Waals surface area contributed by atoms with Gasteiger partial charge < -0.3 is 34.9 Å². The second-order valence-electron chi connectivity index (χ2n) is 8.17. The van der Waals surface area contributed by atoms with E-state index in [9.17, 15) is 24.3 Å². The number of aromatic nitrogens is 3. The summed E-state index contributed by atoms with van der Waals surface area (Å²) in [5.74, 6) is -1.89. The lowest BCUT2D eigenvalue weighted by Gasteiger charge is -2.19. The van der Waals surface area contributed by atoms with Crippen molar-refractivity contribution in [2.75, 3.05) is 17.2 Å². The first kappa shape index (κ1) is 24.4. The van der Waals surface area contributed by atoms with Gasteiger partial charge in [-0.15, -0.1) is 0 Å². The van der Waals surface area contributed by atoms with E-state index in [-0.39, 0.29) is 30.3 Å². The van der Waals surface area contributed by atoms with Crippen LogP contribution in [0.3, 0.4) is 0 Å². The van der Waals surface area contributed by atoms with Gasteiger partial charge in [-0.05, 0) is 27.7 Å². The fraction of sp³-hybridized carbons (Fsp3) is 0.450. The van der Waals surface area contributed by atoms with Gasteiger partial charge in [0.25, 0.3) is 5.91 Å². The van der Waals surface area contributed by atoms with Crippen molar-refractivity contribution in [3.05, 3.63) is 29.5 Å². The van der Waals surface area contributed by atoms with Crippen LogP contribution >= 0.6 is 0 Å². The number of rotatable bonds is 7. The molecule has 0 radical (unpaired) electrons. The Morgan fingerprint density at radius 1 is 1.09 bits per heavy atom. The molecule has 0 aliphatic carbocycles. The monoisotopic (exact) mass is 448 g/mol. The molecule has 0 saturated heterocycles. The summed E-state index contributed by atoms with van der Waals surface area (Å²) in [7, 11) is 3.15. The predicted octanol–water partition coefficient (Wildman–Crippen LogP) is 1.87. The number of anilines is 2. The molecule has 32 heavy (non-hydrogen) atoms. The molecule has 2 aromatic heterocycles. The molecule has 12 nitrogen and oxygen atoms in total. The lowest BCUT2D eigenvalue weighted by atomic mass is 10.2. The van der Waals surface area contributed by atoms with Crippen molar-refractivity contribution in [2.45, 2.75) is 39.7 Å². The molecule has 0 bridgehead atoms. The largest absolute Gasteiger partial charge is 0.477 e. The highest BCUT2D eigenvalue weighted by atomic mass is 16.6. The molecule has 0 aromatic carbocycles. The van der Waals surface area contributed by atoms with E-state index in [2.05, 4.69) is 20.9 Å². The van der Waals surface area contributed by atoms with E-state index in [0.717, 1.165) is 0 Å². The van der Waals surface area contributed by atoms with Crippen LogP contribution in [0, 0.1) is 6.92 Å². The number of carbonyl (C=O) groups is 4. The number of nitrogens with one attached hydrogen (secondary N) is 3. The van der Waals surface area contributed by atoms with Crippen LogP contribution in [0.1, 0.15) is 53.9 Å². The van der Waals surface area contributed by atoms with Crippen molar-refractivity contribution in [2.24, 2.45) is 14.1 Å². The minimum Gasteiger partial charge on any atom is -0.477 e. The molecular formula is C20H28N6O6. The molecule has 0 aliphatic rings. The second-order valence-corrected chi connectivity index (χ2v) is 8.17. The van der Waals surface area contributed by atoms with Crippen molar-refractivity contribution < 1.29 is 29.0 Å². The first-order valence-corrected chi connectivity index (χ1v) is 9.79. The second kappa shape index (κ2) is 9.54. The van der Waals surface area contributed by atoms with E-state index in [1.54, 1.807) is 41.8 Å². The summed E-state index contributed by atoms with van der Waals surface area (Å²) in [4.78, 5) is 51.7. The number of imidazole rings is 1. The smallest absolute Gasteiger partial charge is 0.407 e. The van der Waals surface area contributed by atoms with Crippen LogP contribution in [-0.4, -0.2) is 55.2 Å². The highest BCUT2D eigenvalue weighted by Gasteiger charge is 2.21. The summed E-state index contributed by atoms with van der Waals surface area (Å²) in [5.41, 5.74) is 0.184. The van der Waals surface area contributed by atoms with Crippen molar-refractivity contribution in [3.8, 4) is 0 Å². The van der Waals surface area contributed by atoms with E-state index in [4.69, 9.17) is 4.74 Å². The van der Waals surface area contributed by atoms with Gasteiger partial charge in [-0.25, -0.2) is 14.6 Å². The number of amides is 3. The Labute approximate surface area is 184 Å². The minimum absolute atomic E-state index is 0.0154. The number of alkyl carbamates (subject to hydrolysis) is 1. The third kappa shape index (κ3) is 6.33. The molecule has 0 atom stereocenters. The van der Waals surface area contributed by atoms with Crippen LogP contribution in [0.5, 0.6) is 0 Å². The van der Waals surface area contributed by atoms with Gasteiger partial charge in [0.05, 0.1) is 5.69 Å². The van der Waals surface area contributed by atoms with Gasteiger partial charge in [0.2, 0.25) is 11.7 Å². The molecule has 0 fully saturated rings. The molecular weight excluding hydrogens is 420 g/mol. The molecule has 2 heterocycles. The van der Waals surface area contributed by atoms with E-state index in [0.29, 0.717) is 11.3 Å². The minimum atomic E-state index is -1.10. The maximum Gasteiger partial charge on any atom is 0.407 e. The van der Waals surface area contributed by atoms with Crippen molar-refractivity contribution in [1.29, 1.82) is 0 Å². The maximum atomic E-state index is 12.6. The highest BCUT2D eigenvalue weighted by Crippen LogP contribution is 2.22. The van der Waals surface area contributed by atoms with Crippen LogP contribution in [0.2, 0.25) is 0 Å². The van der Waals surface area contributed by atoms with Gasteiger partial charge in [-0.1, -0.05) is 0 Å². The van der Waals surface area contributed by atoms with Crippen LogP contribution in [0.15, 0.2) is 12.4 Å². The first-order valence-electron chi connectivity index (χ1n) is 9.79.